The van der Waals surface area contributed by atoms with Crippen LogP contribution in [0.15, 0.2) is 0 Å². The van der Waals surface area contributed by atoms with Crippen molar-refractivity contribution in [2.45, 2.75) is 45.4 Å². The molecule has 0 heterocycles. The molecule has 0 aliphatic carbocycles. The van der Waals surface area contributed by atoms with Crippen LogP contribution in [0.4, 0.5) is 0 Å². The Morgan fingerprint density at radius 1 is 1.18 bits per heavy atom. The monoisotopic (exact) mass is 283 g/mol. The highest BCUT2D eigenvalue weighted by Gasteiger charge is 2.15. The van der Waals surface area contributed by atoms with E-state index >= 15 is 0 Å². The van der Waals surface area contributed by atoms with Gasteiger partial charge in [0.15, 0.2) is 0 Å². The first kappa shape index (κ1) is 17.2. The molecule has 1 unspecified atom stereocenters. The van der Waals surface area contributed by atoms with E-state index in [1.54, 1.807) is 6.92 Å². The Balaban J connectivity index is 3.65. The van der Waals surface area contributed by atoms with Crippen LogP contribution in [0.3, 0.4) is 0 Å². The van der Waals surface area contributed by atoms with E-state index in [0.717, 1.165) is 25.9 Å². The fourth-order valence-electron chi connectivity index (χ4n) is 1.77. The van der Waals surface area contributed by atoms with Crippen molar-refractivity contribution in [3.8, 4) is 0 Å². The second kappa shape index (κ2) is 9.17. The third-order valence-electron chi connectivity index (χ3n) is 3.15. The molecule has 0 rings (SSSR count). The third kappa shape index (κ3) is 8.01. The summed E-state index contributed by atoms with van der Waals surface area (Å²) in [5.41, 5.74) is 0. The normalized spacial score (nSPS) is 14.2. The first-order valence-electron chi connectivity index (χ1n) is 6.52. The van der Waals surface area contributed by atoms with E-state index in [4.69, 9.17) is 11.6 Å². The second-order valence-corrected chi connectivity index (χ2v) is 7.42. The van der Waals surface area contributed by atoms with Crippen molar-refractivity contribution < 1.29 is 8.42 Å². The zero-order valence-corrected chi connectivity index (χ0v) is 12.8. The highest BCUT2D eigenvalue weighted by atomic mass is 35.5. The smallest absolute Gasteiger partial charge is 0.150 e. The van der Waals surface area contributed by atoms with Crippen LogP contribution in [0, 0.1) is 5.92 Å². The maximum Gasteiger partial charge on any atom is 0.150 e. The van der Waals surface area contributed by atoms with Crippen molar-refractivity contribution in [1.82, 2.24) is 5.32 Å². The lowest BCUT2D eigenvalue weighted by atomic mass is 9.99. The summed E-state index contributed by atoms with van der Waals surface area (Å²) in [4.78, 5) is 0. The highest BCUT2D eigenvalue weighted by molar-refractivity contribution is 7.91. The Bertz CT molecular complexity index is 276. The summed E-state index contributed by atoms with van der Waals surface area (Å²) in [5, 5.41) is 3.38. The summed E-state index contributed by atoms with van der Waals surface area (Å²) in [7, 11) is -2.82. The molecule has 0 saturated heterocycles. The summed E-state index contributed by atoms with van der Waals surface area (Å²) < 4.78 is 22.5. The minimum atomic E-state index is -2.82. The van der Waals surface area contributed by atoms with Gasteiger partial charge in [0.2, 0.25) is 0 Å². The molecule has 0 aliphatic rings. The fourth-order valence-corrected chi connectivity index (χ4v) is 3.11. The Morgan fingerprint density at radius 3 is 2.24 bits per heavy atom. The van der Waals surface area contributed by atoms with E-state index in [1.807, 2.05) is 0 Å². The first-order chi connectivity index (χ1) is 7.96. The molecule has 17 heavy (non-hydrogen) atoms. The van der Waals surface area contributed by atoms with Gasteiger partial charge in [-0.1, -0.05) is 33.6 Å². The van der Waals surface area contributed by atoms with Crippen LogP contribution >= 0.6 is 11.6 Å². The predicted octanol–water partition coefficient (Wildman–Crippen LogP) is 2.44. The van der Waals surface area contributed by atoms with Gasteiger partial charge in [-0.3, -0.25) is 0 Å². The summed E-state index contributed by atoms with van der Waals surface area (Å²) in [6, 6.07) is 0. The predicted molar refractivity (Wildman–Crippen MR) is 75.5 cm³/mol. The molecule has 0 aromatic carbocycles. The molecule has 0 spiro atoms. The van der Waals surface area contributed by atoms with Crippen LogP contribution in [-0.2, 0) is 9.84 Å². The molecule has 0 aliphatic heterocycles. The largest absolute Gasteiger partial charge is 0.315 e. The minimum absolute atomic E-state index is 0.146. The molecule has 0 bridgehead atoms. The molecule has 0 aromatic heterocycles. The number of hydrogen-bond acceptors (Lipinski definition) is 3. The molecule has 0 amide bonds. The number of nitrogens with one attached hydrogen (secondary N) is 1. The first-order valence-corrected chi connectivity index (χ1v) is 8.77. The molecule has 104 valence electrons. The SMILES string of the molecule is CCC(CC)C(Cl)CNCCCS(=O)(=O)CC. The van der Waals surface area contributed by atoms with E-state index in [2.05, 4.69) is 19.2 Å². The molecule has 0 fully saturated rings. The fraction of sp³-hybridized carbons (Fsp3) is 1.00. The number of hydrogen-bond donors (Lipinski definition) is 1. The maximum absolute atomic E-state index is 11.2. The van der Waals surface area contributed by atoms with E-state index < -0.39 is 9.84 Å². The van der Waals surface area contributed by atoms with Crippen molar-refractivity contribution in [2.75, 3.05) is 24.6 Å². The van der Waals surface area contributed by atoms with Crippen LogP contribution < -0.4 is 5.32 Å². The second-order valence-electron chi connectivity index (χ2n) is 4.39. The van der Waals surface area contributed by atoms with Crippen LogP contribution in [0.25, 0.3) is 0 Å². The van der Waals surface area contributed by atoms with Crippen molar-refractivity contribution in [1.29, 1.82) is 0 Å². The molecule has 1 atom stereocenters. The highest BCUT2D eigenvalue weighted by Crippen LogP contribution is 2.17. The maximum atomic E-state index is 11.2. The zero-order chi connectivity index (χ0) is 13.3. The summed E-state index contributed by atoms with van der Waals surface area (Å²) in [5.74, 6) is 1.05. The van der Waals surface area contributed by atoms with Gasteiger partial charge in [-0.2, -0.15) is 0 Å². The van der Waals surface area contributed by atoms with Crippen LogP contribution in [-0.4, -0.2) is 38.4 Å². The minimum Gasteiger partial charge on any atom is -0.315 e. The van der Waals surface area contributed by atoms with Gasteiger partial charge in [0.1, 0.15) is 9.84 Å². The number of alkyl halides is 1. The molecule has 5 heteroatoms. The number of halogens is 1. The van der Waals surface area contributed by atoms with Gasteiger partial charge in [0.25, 0.3) is 0 Å². The number of sulfone groups is 1. The van der Waals surface area contributed by atoms with Gasteiger partial charge in [-0.25, -0.2) is 8.42 Å². The van der Waals surface area contributed by atoms with Gasteiger partial charge in [-0.15, -0.1) is 11.6 Å². The topological polar surface area (TPSA) is 46.2 Å². The Labute approximate surface area is 111 Å². The Morgan fingerprint density at radius 2 is 1.76 bits per heavy atom. The van der Waals surface area contributed by atoms with Crippen molar-refractivity contribution in [3.05, 3.63) is 0 Å². The Kier molecular flexibility index (Phi) is 9.28. The molecule has 0 radical (unpaired) electrons. The molecule has 0 aromatic rings. The lowest BCUT2D eigenvalue weighted by molar-refractivity contribution is 0.446. The molecule has 1 N–H and O–H groups in total. The van der Waals surface area contributed by atoms with Gasteiger partial charge >= 0.3 is 0 Å². The Hall–Kier alpha value is 0.200. The third-order valence-corrected chi connectivity index (χ3v) is 5.45. The standard InChI is InChI=1S/C12H26ClNO2S/c1-4-11(5-2)12(13)10-14-8-7-9-17(15,16)6-3/h11-12,14H,4-10H2,1-3H3. The van der Waals surface area contributed by atoms with Crippen LogP contribution in [0.5, 0.6) is 0 Å². The van der Waals surface area contributed by atoms with E-state index in [0.29, 0.717) is 12.3 Å². The summed E-state index contributed by atoms with van der Waals surface area (Å²) in [6.07, 6.45) is 2.86. The van der Waals surface area contributed by atoms with Crippen molar-refractivity contribution >= 4 is 21.4 Å². The zero-order valence-electron chi connectivity index (χ0n) is 11.2. The summed E-state index contributed by atoms with van der Waals surface area (Å²) in [6.45, 7) is 7.47. The van der Waals surface area contributed by atoms with Crippen molar-refractivity contribution in [2.24, 2.45) is 5.92 Å². The van der Waals surface area contributed by atoms with Gasteiger partial charge in [-0.05, 0) is 18.9 Å². The van der Waals surface area contributed by atoms with E-state index in [9.17, 15) is 8.42 Å². The molecular formula is C12H26ClNO2S. The molecule has 0 saturated carbocycles. The van der Waals surface area contributed by atoms with Gasteiger partial charge in [0.05, 0.1) is 5.75 Å². The number of rotatable bonds is 10. The summed E-state index contributed by atoms with van der Waals surface area (Å²) >= 11 is 6.26. The van der Waals surface area contributed by atoms with Crippen LogP contribution in [0.2, 0.25) is 0 Å². The van der Waals surface area contributed by atoms with E-state index in [1.165, 1.54) is 0 Å². The van der Waals surface area contributed by atoms with Crippen LogP contribution in [0.1, 0.15) is 40.0 Å². The lowest BCUT2D eigenvalue weighted by Gasteiger charge is -2.19. The van der Waals surface area contributed by atoms with E-state index in [-0.39, 0.29) is 16.9 Å². The van der Waals surface area contributed by atoms with Crippen molar-refractivity contribution in [3.63, 3.8) is 0 Å². The molecular weight excluding hydrogens is 258 g/mol. The molecule has 3 nitrogen and oxygen atoms in total. The quantitative estimate of drug-likeness (QED) is 0.495. The van der Waals surface area contributed by atoms with Gasteiger partial charge < -0.3 is 5.32 Å². The average Bonchev–Trinajstić information content (AvgIpc) is 2.30. The average molecular weight is 284 g/mol. The van der Waals surface area contributed by atoms with Gasteiger partial charge in [0, 0.05) is 17.7 Å². The lowest BCUT2D eigenvalue weighted by Crippen LogP contribution is -2.30.